The fraction of sp³-hybridized carbons (Fsp3) is 0.500. The molecule has 2 unspecified atom stereocenters. The lowest BCUT2D eigenvalue weighted by molar-refractivity contribution is 0.0697. The first kappa shape index (κ1) is 13.9. The largest absolute Gasteiger partial charge is 0.478 e. The first-order valence-electron chi connectivity index (χ1n) is 7.54. The van der Waals surface area contributed by atoms with Crippen LogP contribution in [0.4, 0.5) is 10.5 Å². The van der Waals surface area contributed by atoms with Crippen LogP contribution in [0.15, 0.2) is 18.2 Å². The molecule has 2 aliphatic rings. The summed E-state index contributed by atoms with van der Waals surface area (Å²) in [5.41, 5.74) is 2.05. The van der Waals surface area contributed by atoms with Crippen LogP contribution >= 0.6 is 0 Å². The number of carboxylic acid groups (broad SMARTS) is 1. The summed E-state index contributed by atoms with van der Waals surface area (Å²) in [7, 11) is 0. The number of urea groups is 1. The van der Waals surface area contributed by atoms with Crippen LogP contribution in [-0.4, -0.2) is 29.7 Å². The second kappa shape index (κ2) is 5.39. The number of hydrogen-bond acceptors (Lipinski definition) is 2. The molecular formula is C16H20N2O3. The fourth-order valence-electron chi connectivity index (χ4n) is 3.10. The van der Waals surface area contributed by atoms with Gasteiger partial charge in [0.2, 0.25) is 0 Å². The predicted octanol–water partition coefficient (Wildman–Crippen LogP) is 2.65. The van der Waals surface area contributed by atoms with Crippen LogP contribution in [0.3, 0.4) is 0 Å². The molecule has 2 N–H and O–H groups in total. The lowest BCUT2D eigenvalue weighted by Gasteiger charge is -2.18. The molecule has 1 aliphatic carbocycles. The molecule has 1 saturated carbocycles. The third-order valence-electron chi connectivity index (χ3n) is 4.36. The molecule has 0 aromatic heterocycles. The van der Waals surface area contributed by atoms with Crippen LogP contribution in [0, 0.1) is 5.92 Å². The van der Waals surface area contributed by atoms with Crippen molar-refractivity contribution in [2.75, 3.05) is 11.4 Å². The van der Waals surface area contributed by atoms with E-state index in [-0.39, 0.29) is 11.6 Å². The van der Waals surface area contributed by atoms with Gasteiger partial charge in [-0.05, 0) is 48.9 Å². The van der Waals surface area contributed by atoms with E-state index in [2.05, 4.69) is 12.2 Å². The van der Waals surface area contributed by atoms with Crippen molar-refractivity contribution in [2.45, 2.75) is 38.6 Å². The third kappa shape index (κ3) is 2.73. The van der Waals surface area contributed by atoms with E-state index in [1.807, 2.05) is 0 Å². The molecule has 0 bridgehead atoms. The zero-order valence-corrected chi connectivity index (χ0v) is 12.1. The Labute approximate surface area is 123 Å². The number of fused-ring (bicyclic) bond motifs is 1. The molecular weight excluding hydrogens is 268 g/mol. The summed E-state index contributed by atoms with van der Waals surface area (Å²) in [6.45, 7) is 2.78. The third-order valence-corrected chi connectivity index (χ3v) is 4.36. The topological polar surface area (TPSA) is 69.6 Å². The van der Waals surface area contributed by atoms with Crippen LogP contribution < -0.4 is 10.2 Å². The number of hydrogen-bond donors (Lipinski definition) is 2. The Kier molecular flexibility index (Phi) is 3.57. The normalized spacial score (nSPS) is 22.8. The summed E-state index contributed by atoms with van der Waals surface area (Å²) in [5, 5.41) is 12.1. The molecule has 0 spiro atoms. The average molecular weight is 288 g/mol. The van der Waals surface area contributed by atoms with Gasteiger partial charge in [-0.2, -0.15) is 0 Å². The summed E-state index contributed by atoms with van der Waals surface area (Å²) < 4.78 is 0. The fourth-order valence-corrected chi connectivity index (χ4v) is 3.10. The number of rotatable bonds is 4. The van der Waals surface area contributed by atoms with Gasteiger partial charge in [0, 0.05) is 18.3 Å². The Morgan fingerprint density at radius 2 is 2.24 bits per heavy atom. The van der Waals surface area contributed by atoms with E-state index in [4.69, 9.17) is 5.11 Å². The molecule has 1 aromatic rings. The molecule has 21 heavy (non-hydrogen) atoms. The van der Waals surface area contributed by atoms with Crippen molar-refractivity contribution in [2.24, 2.45) is 5.92 Å². The predicted molar refractivity (Wildman–Crippen MR) is 79.8 cm³/mol. The molecule has 1 aliphatic heterocycles. The molecule has 1 fully saturated rings. The maximum Gasteiger partial charge on any atom is 0.335 e. The SMILES string of the molecule is CCCC1CC1NC(=O)N1CCc2cc(C(=O)O)ccc21. The Balaban J connectivity index is 1.67. The maximum atomic E-state index is 12.3. The van der Waals surface area contributed by atoms with Gasteiger partial charge in [-0.3, -0.25) is 4.90 Å². The van der Waals surface area contributed by atoms with Crippen molar-refractivity contribution >= 4 is 17.7 Å². The molecule has 5 heteroatoms. The number of benzene rings is 1. The van der Waals surface area contributed by atoms with E-state index in [1.165, 1.54) is 6.42 Å². The van der Waals surface area contributed by atoms with Crippen molar-refractivity contribution in [1.29, 1.82) is 0 Å². The Hall–Kier alpha value is -2.04. The highest BCUT2D eigenvalue weighted by Gasteiger charge is 2.38. The van der Waals surface area contributed by atoms with Crippen LogP contribution in [0.25, 0.3) is 0 Å². The quantitative estimate of drug-likeness (QED) is 0.895. The number of anilines is 1. The van der Waals surface area contributed by atoms with Gasteiger partial charge >= 0.3 is 12.0 Å². The first-order valence-corrected chi connectivity index (χ1v) is 7.54. The van der Waals surface area contributed by atoms with Crippen molar-refractivity contribution < 1.29 is 14.7 Å². The van der Waals surface area contributed by atoms with E-state index in [0.717, 1.165) is 24.1 Å². The molecule has 5 nitrogen and oxygen atoms in total. The van der Waals surface area contributed by atoms with Crippen LogP contribution in [0.1, 0.15) is 42.1 Å². The van der Waals surface area contributed by atoms with Crippen molar-refractivity contribution in [3.05, 3.63) is 29.3 Å². The highest BCUT2D eigenvalue weighted by Crippen LogP contribution is 2.35. The average Bonchev–Trinajstić information content (AvgIpc) is 3.03. The minimum Gasteiger partial charge on any atom is -0.478 e. The van der Waals surface area contributed by atoms with Crippen molar-refractivity contribution in [3.63, 3.8) is 0 Å². The lowest BCUT2D eigenvalue weighted by Crippen LogP contribution is -2.40. The minimum atomic E-state index is -0.930. The van der Waals surface area contributed by atoms with Gasteiger partial charge in [-0.1, -0.05) is 13.3 Å². The van der Waals surface area contributed by atoms with E-state index in [1.54, 1.807) is 23.1 Å². The smallest absolute Gasteiger partial charge is 0.335 e. The molecule has 2 atom stereocenters. The van der Waals surface area contributed by atoms with Crippen molar-refractivity contribution in [3.8, 4) is 0 Å². The summed E-state index contributed by atoms with van der Waals surface area (Å²) in [6.07, 6.45) is 4.12. The second-order valence-corrected chi connectivity index (χ2v) is 5.89. The van der Waals surface area contributed by atoms with Gasteiger partial charge in [0.05, 0.1) is 5.56 Å². The minimum absolute atomic E-state index is 0.0552. The van der Waals surface area contributed by atoms with E-state index < -0.39 is 5.97 Å². The molecule has 112 valence electrons. The first-order chi connectivity index (χ1) is 10.1. The number of carbonyl (C=O) groups is 2. The monoisotopic (exact) mass is 288 g/mol. The molecule has 0 radical (unpaired) electrons. The van der Waals surface area contributed by atoms with Crippen LogP contribution in [0.2, 0.25) is 0 Å². The van der Waals surface area contributed by atoms with Crippen molar-refractivity contribution in [1.82, 2.24) is 5.32 Å². The number of carbonyl (C=O) groups excluding carboxylic acids is 1. The van der Waals surface area contributed by atoms with Gasteiger partial charge in [0.25, 0.3) is 0 Å². The summed E-state index contributed by atoms with van der Waals surface area (Å²) >= 11 is 0. The van der Waals surface area contributed by atoms with Gasteiger partial charge in [0.1, 0.15) is 0 Å². The lowest BCUT2D eigenvalue weighted by atomic mass is 10.1. The van der Waals surface area contributed by atoms with Gasteiger partial charge < -0.3 is 10.4 Å². The standard InChI is InChI=1S/C16H20N2O3/c1-2-3-10-9-13(10)17-16(21)18-7-6-11-8-12(15(19)20)4-5-14(11)18/h4-5,8,10,13H,2-3,6-7,9H2,1H3,(H,17,21)(H,19,20). The molecule has 2 amide bonds. The van der Waals surface area contributed by atoms with E-state index in [0.29, 0.717) is 24.9 Å². The molecule has 0 saturated heterocycles. The summed E-state index contributed by atoms with van der Waals surface area (Å²) in [4.78, 5) is 25.0. The van der Waals surface area contributed by atoms with Crippen LogP contribution in [0.5, 0.6) is 0 Å². The number of amides is 2. The van der Waals surface area contributed by atoms with E-state index in [9.17, 15) is 9.59 Å². The zero-order chi connectivity index (χ0) is 15.0. The van der Waals surface area contributed by atoms with Gasteiger partial charge in [0.15, 0.2) is 0 Å². The maximum absolute atomic E-state index is 12.3. The van der Waals surface area contributed by atoms with E-state index >= 15 is 0 Å². The number of aromatic carboxylic acids is 1. The number of carboxylic acids is 1. The highest BCUT2D eigenvalue weighted by atomic mass is 16.4. The van der Waals surface area contributed by atoms with Gasteiger partial charge in [-0.25, -0.2) is 9.59 Å². The zero-order valence-electron chi connectivity index (χ0n) is 12.1. The highest BCUT2D eigenvalue weighted by molar-refractivity contribution is 5.96. The molecule has 1 heterocycles. The molecule has 1 aromatic carbocycles. The Bertz CT molecular complexity index is 585. The Morgan fingerprint density at radius 1 is 1.43 bits per heavy atom. The summed E-state index contributed by atoms with van der Waals surface area (Å²) in [5.74, 6) is -0.295. The summed E-state index contributed by atoms with van der Waals surface area (Å²) in [6, 6.07) is 5.23. The number of nitrogens with one attached hydrogen (secondary N) is 1. The van der Waals surface area contributed by atoms with Gasteiger partial charge in [-0.15, -0.1) is 0 Å². The second-order valence-electron chi connectivity index (χ2n) is 5.89. The Morgan fingerprint density at radius 3 is 2.95 bits per heavy atom. The van der Waals surface area contributed by atoms with Crippen LogP contribution in [-0.2, 0) is 6.42 Å². The number of nitrogens with zero attached hydrogens (tertiary/aromatic N) is 1. The molecule has 3 rings (SSSR count).